The van der Waals surface area contributed by atoms with Crippen LogP contribution in [-0.4, -0.2) is 28.2 Å². The van der Waals surface area contributed by atoms with Gasteiger partial charge in [-0.1, -0.05) is 11.6 Å². The largest absolute Gasteiger partial charge is 0.377 e. The van der Waals surface area contributed by atoms with Crippen molar-refractivity contribution in [1.82, 2.24) is 15.3 Å². The van der Waals surface area contributed by atoms with E-state index in [0.29, 0.717) is 28.3 Å². The number of rotatable bonds is 3. The van der Waals surface area contributed by atoms with E-state index in [9.17, 15) is 4.79 Å². The third kappa shape index (κ3) is 2.81. The van der Waals surface area contributed by atoms with E-state index in [1.54, 1.807) is 18.2 Å². The molecule has 112 valence electrons. The fourth-order valence-electron chi connectivity index (χ4n) is 2.60. The van der Waals surface area contributed by atoms with Crippen molar-refractivity contribution in [3.05, 3.63) is 39.4 Å². The highest BCUT2D eigenvalue weighted by atomic mass is 35.5. The highest BCUT2D eigenvalue weighted by Gasteiger charge is 2.36. The Labute approximate surface area is 127 Å². The highest BCUT2D eigenvalue weighted by Crippen LogP contribution is 2.25. The minimum atomic E-state index is -0.144. The van der Waals surface area contributed by atoms with Crippen molar-refractivity contribution in [2.45, 2.75) is 38.5 Å². The Hall–Kier alpha value is -1.43. The number of hydrogen-bond acceptors (Lipinski definition) is 4. The van der Waals surface area contributed by atoms with Crippen molar-refractivity contribution >= 4 is 22.5 Å². The van der Waals surface area contributed by atoms with Crippen LogP contribution in [0, 0.1) is 0 Å². The number of halogens is 1. The zero-order valence-corrected chi connectivity index (χ0v) is 12.8. The summed E-state index contributed by atoms with van der Waals surface area (Å²) in [4.78, 5) is 19.3. The van der Waals surface area contributed by atoms with Gasteiger partial charge < -0.3 is 15.0 Å². The number of hydrogen-bond donors (Lipinski definition) is 2. The molecule has 5 nitrogen and oxygen atoms in total. The number of benzene rings is 1. The van der Waals surface area contributed by atoms with Crippen molar-refractivity contribution in [2.24, 2.45) is 0 Å². The summed E-state index contributed by atoms with van der Waals surface area (Å²) in [5.74, 6) is 0.607. The minimum absolute atomic E-state index is 0.0954. The molecule has 1 fully saturated rings. The Balaban J connectivity index is 1.86. The zero-order chi connectivity index (χ0) is 15.0. The number of ether oxygens (including phenoxy) is 1. The van der Waals surface area contributed by atoms with Crippen LogP contribution in [-0.2, 0) is 11.3 Å². The molecule has 0 amide bonds. The summed E-state index contributed by atoms with van der Waals surface area (Å²) in [7, 11) is 0. The monoisotopic (exact) mass is 307 g/mol. The molecule has 1 aliphatic heterocycles. The van der Waals surface area contributed by atoms with Crippen LogP contribution in [0.3, 0.4) is 0 Å². The molecular formula is C15H18ClN3O2. The van der Waals surface area contributed by atoms with Crippen LogP contribution in [0.1, 0.15) is 26.1 Å². The summed E-state index contributed by atoms with van der Waals surface area (Å²) in [5.41, 5.74) is 0.375. The van der Waals surface area contributed by atoms with Crippen LogP contribution in [0.4, 0.5) is 0 Å². The Morgan fingerprint density at radius 1 is 1.57 bits per heavy atom. The highest BCUT2D eigenvalue weighted by molar-refractivity contribution is 6.31. The first kappa shape index (κ1) is 14.5. The predicted octanol–water partition coefficient (Wildman–Crippen LogP) is 2.23. The van der Waals surface area contributed by atoms with E-state index in [2.05, 4.69) is 29.1 Å². The number of nitrogens with zero attached hydrogens (tertiary/aromatic N) is 1. The Morgan fingerprint density at radius 2 is 2.38 bits per heavy atom. The number of aromatic amines is 1. The van der Waals surface area contributed by atoms with Gasteiger partial charge in [-0.05, 0) is 38.5 Å². The fraction of sp³-hybridized carbons (Fsp3) is 0.467. The van der Waals surface area contributed by atoms with Crippen molar-refractivity contribution in [3.8, 4) is 0 Å². The van der Waals surface area contributed by atoms with Gasteiger partial charge in [0.25, 0.3) is 5.56 Å². The smallest absolute Gasteiger partial charge is 0.258 e. The lowest BCUT2D eigenvalue weighted by molar-refractivity contribution is 0.0879. The van der Waals surface area contributed by atoms with Gasteiger partial charge in [-0.15, -0.1) is 0 Å². The molecule has 21 heavy (non-hydrogen) atoms. The molecule has 1 saturated heterocycles. The second-order valence-corrected chi connectivity index (χ2v) is 6.14. The molecule has 2 aromatic rings. The second kappa shape index (κ2) is 5.40. The van der Waals surface area contributed by atoms with Gasteiger partial charge in [-0.25, -0.2) is 4.98 Å². The molecule has 6 heteroatoms. The van der Waals surface area contributed by atoms with Crippen LogP contribution in [0.2, 0.25) is 5.02 Å². The molecule has 0 spiro atoms. The molecule has 2 atom stereocenters. The first-order valence-electron chi connectivity index (χ1n) is 7.03. The predicted molar refractivity (Wildman–Crippen MR) is 82.6 cm³/mol. The summed E-state index contributed by atoms with van der Waals surface area (Å²) in [6, 6.07) is 5.09. The number of nitrogens with one attached hydrogen (secondary N) is 2. The van der Waals surface area contributed by atoms with E-state index in [1.165, 1.54) is 0 Å². The van der Waals surface area contributed by atoms with E-state index in [1.807, 2.05) is 0 Å². The van der Waals surface area contributed by atoms with Gasteiger partial charge in [0.1, 0.15) is 5.82 Å². The average Bonchev–Trinajstić information content (AvgIpc) is 2.76. The maximum atomic E-state index is 12.1. The summed E-state index contributed by atoms with van der Waals surface area (Å²) >= 11 is 5.96. The standard InChI is InChI=1S/C15H18ClN3O2/c1-9-15(2,5-6-21-9)17-8-13-18-12-7-10(16)3-4-11(12)14(20)19-13/h3-4,7,9,17H,5-6,8H2,1-2H3,(H,18,19,20). The number of H-pyrrole nitrogens is 1. The molecule has 2 N–H and O–H groups in total. The lowest BCUT2D eigenvalue weighted by Gasteiger charge is -2.28. The molecule has 1 aliphatic rings. The Morgan fingerprint density at radius 3 is 3.10 bits per heavy atom. The van der Waals surface area contributed by atoms with Gasteiger partial charge >= 0.3 is 0 Å². The van der Waals surface area contributed by atoms with Crippen molar-refractivity contribution in [1.29, 1.82) is 0 Å². The first-order chi connectivity index (χ1) is 9.98. The Bertz CT molecular complexity index is 730. The topological polar surface area (TPSA) is 67.0 Å². The maximum absolute atomic E-state index is 12.1. The van der Waals surface area contributed by atoms with Crippen molar-refractivity contribution in [3.63, 3.8) is 0 Å². The quantitative estimate of drug-likeness (QED) is 0.912. The maximum Gasteiger partial charge on any atom is 0.258 e. The van der Waals surface area contributed by atoms with Gasteiger partial charge in [-0.3, -0.25) is 4.79 Å². The lowest BCUT2D eigenvalue weighted by Crippen LogP contribution is -2.47. The van der Waals surface area contributed by atoms with Gasteiger partial charge in [-0.2, -0.15) is 0 Å². The average molecular weight is 308 g/mol. The molecule has 3 rings (SSSR count). The molecular weight excluding hydrogens is 290 g/mol. The summed E-state index contributed by atoms with van der Waals surface area (Å²) in [6.45, 7) is 5.42. The van der Waals surface area contributed by atoms with Crippen LogP contribution in [0.25, 0.3) is 10.9 Å². The third-order valence-electron chi connectivity index (χ3n) is 4.26. The van der Waals surface area contributed by atoms with Crippen LogP contribution in [0.15, 0.2) is 23.0 Å². The molecule has 0 radical (unpaired) electrons. The lowest BCUT2D eigenvalue weighted by atomic mass is 9.95. The number of fused-ring (bicyclic) bond motifs is 1. The molecule has 2 unspecified atom stereocenters. The molecule has 1 aromatic heterocycles. The molecule has 0 aliphatic carbocycles. The zero-order valence-electron chi connectivity index (χ0n) is 12.1. The molecule has 0 bridgehead atoms. The Kier molecular flexibility index (Phi) is 3.73. The second-order valence-electron chi connectivity index (χ2n) is 5.71. The summed E-state index contributed by atoms with van der Waals surface area (Å²) in [5, 5.41) is 4.56. The molecule has 2 heterocycles. The van der Waals surface area contributed by atoms with E-state index in [4.69, 9.17) is 16.3 Å². The van der Waals surface area contributed by atoms with Crippen LogP contribution >= 0.6 is 11.6 Å². The fourth-order valence-corrected chi connectivity index (χ4v) is 2.76. The first-order valence-corrected chi connectivity index (χ1v) is 7.41. The van der Waals surface area contributed by atoms with Crippen LogP contribution in [0.5, 0.6) is 0 Å². The van der Waals surface area contributed by atoms with E-state index in [0.717, 1.165) is 13.0 Å². The SMILES string of the molecule is CC1OCCC1(C)NCc1nc2cc(Cl)ccc2c(=O)[nH]1. The normalized spacial score (nSPS) is 25.6. The number of aromatic nitrogens is 2. The van der Waals surface area contributed by atoms with Crippen LogP contribution < -0.4 is 10.9 Å². The summed E-state index contributed by atoms with van der Waals surface area (Å²) in [6.07, 6.45) is 1.08. The van der Waals surface area contributed by atoms with Crippen molar-refractivity contribution in [2.75, 3.05) is 6.61 Å². The summed E-state index contributed by atoms with van der Waals surface area (Å²) < 4.78 is 5.59. The molecule has 1 aromatic carbocycles. The van der Waals surface area contributed by atoms with Gasteiger partial charge in [0.15, 0.2) is 0 Å². The van der Waals surface area contributed by atoms with Crippen molar-refractivity contribution < 1.29 is 4.74 Å². The molecule has 0 saturated carbocycles. The van der Waals surface area contributed by atoms with Gasteiger partial charge in [0.2, 0.25) is 0 Å². The van der Waals surface area contributed by atoms with Gasteiger partial charge in [0, 0.05) is 17.2 Å². The third-order valence-corrected chi connectivity index (χ3v) is 4.50. The van der Waals surface area contributed by atoms with E-state index >= 15 is 0 Å². The minimum Gasteiger partial charge on any atom is -0.377 e. The van der Waals surface area contributed by atoms with E-state index in [-0.39, 0.29) is 17.2 Å². The van der Waals surface area contributed by atoms with E-state index < -0.39 is 0 Å². The van der Waals surface area contributed by atoms with Gasteiger partial charge in [0.05, 0.1) is 23.6 Å².